The third kappa shape index (κ3) is 2.00. The van der Waals surface area contributed by atoms with E-state index >= 15 is 0 Å². The minimum Gasteiger partial charge on any atom is -0.293 e. The Labute approximate surface area is 119 Å². The van der Waals surface area contributed by atoms with Crippen LogP contribution in [0.25, 0.3) is 10.2 Å². The molecular weight excluding hydrogens is 270 g/mol. The fourth-order valence-corrected chi connectivity index (χ4v) is 3.07. The largest absolute Gasteiger partial charge is 0.293 e. The van der Waals surface area contributed by atoms with Crippen LogP contribution in [0.1, 0.15) is 16.7 Å². The lowest BCUT2D eigenvalue weighted by atomic mass is 10.1. The Morgan fingerprint density at radius 3 is 3.00 bits per heavy atom. The van der Waals surface area contributed by atoms with E-state index in [9.17, 15) is 4.79 Å². The van der Waals surface area contributed by atoms with E-state index in [1.807, 2.05) is 30.5 Å². The summed E-state index contributed by atoms with van der Waals surface area (Å²) in [5, 5.41) is 11.0. The highest BCUT2D eigenvalue weighted by Gasteiger charge is 2.09. The van der Waals surface area contributed by atoms with Crippen LogP contribution in [0.2, 0.25) is 0 Å². The first-order chi connectivity index (χ1) is 9.70. The summed E-state index contributed by atoms with van der Waals surface area (Å²) in [5.74, 6) is 0. The highest BCUT2D eigenvalue weighted by Crippen LogP contribution is 2.19. The first-order valence-corrected chi connectivity index (χ1v) is 7.00. The maximum absolute atomic E-state index is 12.4. The van der Waals surface area contributed by atoms with Crippen molar-refractivity contribution in [1.82, 2.24) is 9.55 Å². The molecule has 0 saturated heterocycles. The van der Waals surface area contributed by atoms with Gasteiger partial charge in [0.05, 0.1) is 30.0 Å². The van der Waals surface area contributed by atoms with Crippen molar-refractivity contribution in [3.63, 3.8) is 0 Å². The second-order valence-corrected chi connectivity index (χ2v) is 5.42. The van der Waals surface area contributed by atoms with Crippen LogP contribution in [0.5, 0.6) is 0 Å². The molecular formula is C15H11N3OS. The van der Waals surface area contributed by atoms with Crippen molar-refractivity contribution in [2.45, 2.75) is 13.5 Å². The Morgan fingerprint density at radius 2 is 2.20 bits per heavy atom. The molecule has 3 aromatic rings. The summed E-state index contributed by atoms with van der Waals surface area (Å²) in [6.45, 7) is 2.31. The lowest BCUT2D eigenvalue weighted by molar-refractivity contribution is 0.748. The number of thiophene rings is 1. The average molecular weight is 281 g/mol. The highest BCUT2D eigenvalue weighted by atomic mass is 32.1. The van der Waals surface area contributed by atoms with Gasteiger partial charge >= 0.3 is 0 Å². The monoisotopic (exact) mass is 281 g/mol. The van der Waals surface area contributed by atoms with Crippen molar-refractivity contribution in [1.29, 1.82) is 5.26 Å². The molecule has 0 aliphatic rings. The van der Waals surface area contributed by atoms with Crippen molar-refractivity contribution < 1.29 is 0 Å². The number of rotatable bonds is 2. The quantitative estimate of drug-likeness (QED) is 0.725. The molecule has 0 aliphatic carbocycles. The number of nitrogens with zero attached hydrogens (tertiary/aromatic N) is 3. The molecule has 0 bridgehead atoms. The van der Waals surface area contributed by atoms with Gasteiger partial charge in [0, 0.05) is 0 Å². The summed E-state index contributed by atoms with van der Waals surface area (Å²) in [4.78, 5) is 16.7. The van der Waals surface area contributed by atoms with Crippen LogP contribution in [0, 0.1) is 18.3 Å². The molecule has 0 unspecified atom stereocenters. The van der Waals surface area contributed by atoms with Gasteiger partial charge in [-0.15, -0.1) is 11.3 Å². The second-order valence-electron chi connectivity index (χ2n) is 4.54. The molecule has 0 amide bonds. The van der Waals surface area contributed by atoms with Crippen molar-refractivity contribution >= 4 is 21.6 Å². The van der Waals surface area contributed by atoms with Gasteiger partial charge in [-0.05, 0) is 29.5 Å². The van der Waals surface area contributed by atoms with Crippen molar-refractivity contribution in [3.8, 4) is 6.07 Å². The van der Waals surface area contributed by atoms with Gasteiger partial charge < -0.3 is 0 Å². The molecule has 98 valence electrons. The standard InChI is InChI=1S/C15H11N3OS/c1-10-8-20-14-13(10)17-9-18(15(14)19)7-12-5-3-2-4-11(12)6-16/h2-5,8-9H,7H2,1H3. The molecule has 0 aliphatic heterocycles. The molecule has 0 spiro atoms. The van der Waals surface area contributed by atoms with E-state index in [1.165, 1.54) is 11.3 Å². The summed E-state index contributed by atoms with van der Waals surface area (Å²) in [5.41, 5.74) is 3.14. The normalized spacial score (nSPS) is 10.6. The molecule has 0 fully saturated rings. The SMILES string of the molecule is Cc1csc2c(=O)n(Cc3ccccc3C#N)cnc12. The van der Waals surface area contributed by atoms with Gasteiger partial charge in [-0.1, -0.05) is 18.2 Å². The molecule has 0 saturated carbocycles. The van der Waals surface area contributed by atoms with E-state index in [-0.39, 0.29) is 5.56 Å². The first kappa shape index (κ1) is 12.6. The van der Waals surface area contributed by atoms with Crippen LogP contribution < -0.4 is 5.56 Å². The van der Waals surface area contributed by atoms with Crippen molar-refractivity contribution in [3.05, 3.63) is 63.0 Å². The summed E-state index contributed by atoms with van der Waals surface area (Å²) in [6, 6.07) is 9.43. The smallest absolute Gasteiger partial charge is 0.271 e. The molecule has 20 heavy (non-hydrogen) atoms. The van der Waals surface area contributed by atoms with E-state index in [1.54, 1.807) is 17.0 Å². The van der Waals surface area contributed by atoms with Crippen molar-refractivity contribution in [2.24, 2.45) is 0 Å². The Balaban J connectivity index is 2.10. The molecule has 2 heterocycles. The average Bonchev–Trinajstić information content (AvgIpc) is 2.85. The van der Waals surface area contributed by atoms with E-state index < -0.39 is 0 Å². The predicted molar refractivity (Wildman–Crippen MR) is 78.9 cm³/mol. The van der Waals surface area contributed by atoms with Gasteiger partial charge in [0.1, 0.15) is 4.70 Å². The highest BCUT2D eigenvalue weighted by molar-refractivity contribution is 7.17. The Kier molecular flexibility index (Phi) is 3.09. The number of fused-ring (bicyclic) bond motifs is 1. The Morgan fingerprint density at radius 1 is 1.40 bits per heavy atom. The molecule has 2 aromatic heterocycles. The maximum Gasteiger partial charge on any atom is 0.271 e. The molecule has 0 atom stereocenters. The first-order valence-electron chi connectivity index (χ1n) is 6.12. The zero-order valence-electron chi connectivity index (χ0n) is 10.8. The minimum absolute atomic E-state index is 0.0548. The summed E-state index contributed by atoms with van der Waals surface area (Å²) in [7, 11) is 0. The molecule has 0 N–H and O–H groups in total. The third-order valence-corrected chi connectivity index (χ3v) is 4.28. The Hall–Kier alpha value is -2.45. The Bertz CT molecular complexity index is 886. The van der Waals surface area contributed by atoms with Crippen LogP contribution in [0.15, 0.2) is 40.8 Å². The van der Waals surface area contributed by atoms with Crippen LogP contribution >= 0.6 is 11.3 Å². The lowest BCUT2D eigenvalue weighted by Crippen LogP contribution is -2.20. The second kappa shape index (κ2) is 4.91. The van der Waals surface area contributed by atoms with Gasteiger partial charge in [-0.2, -0.15) is 5.26 Å². The summed E-state index contributed by atoms with van der Waals surface area (Å²) < 4.78 is 2.22. The van der Waals surface area contributed by atoms with E-state index in [0.717, 1.165) is 16.6 Å². The van der Waals surface area contributed by atoms with Crippen LogP contribution in [0.3, 0.4) is 0 Å². The van der Waals surface area contributed by atoms with Crippen LogP contribution in [-0.4, -0.2) is 9.55 Å². The zero-order valence-corrected chi connectivity index (χ0v) is 11.6. The minimum atomic E-state index is -0.0548. The summed E-state index contributed by atoms with van der Waals surface area (Å²) >= 11 is 1.41. The van der Waals surface area contributed by atoms with E-state index in [2.05, 4.69) is 11.1 Å². The number of hydrogen-bond donors (Lipinski definition) is 0. The molecule has 4 nitrogen and oxygen atoms in total. The maximum atomic E-state index is 12.4. The third-order valence-electron chi connectivity index (χ3n) is 3.20. The van der Waals surface area contributed by atoms with Gasteiger partial charge in [-0.3, -0.25) is 9.36 Å². The number of aryl methyl sites for hydroxylation is 1. The number of nitriles is 1. The van der Waals surface area contributed by atoms with E-state index in [0.29, 0.717) is 16.8 Å². The van der Waals surface area contributed by atoms with Gasteiger partial charge in [0.15, 0.2) is 0 Å². The van der Waals surface area contributed by atoms with E-state index in [4.69, 9.17) is 5.26 Å². The van der Waals surface area contributed by atoms with Gasteiger partial charge in [0.2, 0.25) is 0 Å². The molecule has 1 aromatic carbocycles. The topological polar surface area (TPSA) is 58.7 Å². The lowest BCUT2D eigenvalue weighted by Gasteiger charge is -2.06. The van der Waals surface area contributed by atoms with Crippen LogP contribution in [-0.2, 0) is 6.54 Å². The number of aromatic nitrogens is 2. The molecule has 5 heteroatoms. The van der Waals surface area contributed by atoms with Crippen molar-refractivity contribution in [2.75, 3.05) is 0 Å². The number of hydrogen-bond acceptors (Lipinski definition) is 4. The molecule has 0 radical (unpaired) electrons. The number of benzene rings is 1. The fraction of sp³-hybridized carbons (Fsp3) is 0.133. The summed E-state index contributed by atoms with van der Waals surface area (Å²) in [6.07, 6.45) is 1.55. The van der Waals surface area contributed by atoms with Gasteiger partial charge in [-0.25, -0.2) is 4.98 Å². The van der Waals surface area contributed by atoms with Crippen LogP contribution in [0.4, 0.5) is 0 Å². The molecule has 3 rings (SSSR count). The van der Waals surface area contributed by atoms with Gasteiger partial charge in [0.25, 0.3) is 5.56 Å². The predicted octanol–water partition coefficient (Wildman–Crippen LogP) is 2.69. The fourth-order valence-electron chi connectivity index (χ4n) is 2.12. The zero-order chi connectivity index (χ0) is 14.1.